The number of carbonyl (C=O) groups is 1. The molecule has 2 rings (SSSR count). The molecule has 1 heterocycles. The standard InChI is InChI=1S/C16H24N4O/c1-9(2)14(20-16(21)10(3)11(4)17)15-18-12-7-5-6-8-13(12)19-15/h5-11,14H,17H2,1-4H3,(H,18,19)(H,20,21). The first-order chi connectivity index (χ1) is 9.90. The van der Waals surface area contributed by atoms with Crippen LogP contribution in [0.15, 0.2) is 24.3 Å². The van der Waals surface area contributed by atoms with Crippen LogP contribution in [0.5, 0.6) is 0 Å². The molecular formula is C16H24N4O. The number of carbonyl (C=O) groups excluding carboxylic acids is 1. The fraction of sp³-hybridized carbons (Fsp3) is 0.500. The highest BCUT2D eigenvalue weighted by atomic mass is 16.2. The van der Waals surface area contributed by atoms with Gasteiger partial charge < -0.3 is 16.0 Å². The molecule has 2 aromatic rings. The molecule has 1 aromatic carbocycles. The van der Waals surface area contributed by atoms with Crippen molar-refractivity contribution in [3.63, 3.8) is 0 Å². The number of imidazole rings is 1. The number of rotatable bonds is 5. The van der Waals surface area contributed by atoms with E-state index in [4.69, 9.17) is 5.73 Å². The molecule has 0 saturated carbocycles. The third kappa shape index (κ3) is 3.42. The molecule has 0 spiro atoms. The van der Waals surface area contributed by atoms with Crippen molar-refractivity contribution in [1.82, 2.24) is 15.3 Å². The SMILES string of the molecule is CC(C)C(NC(=O)C(C)C(C)N)c1nc2ccccc2[nH]1. The van der Waals surface area contributed by atoms with Crippen LogP contribution in [-0.4, -0.2) is 21.9 Å². The number of hydrogen-bond acceptors (Lipinski definition) is 3. The van der Waals surface area contributed by atoms with Crippen molar-refractivity contribution < 1.29 is 4.79 Å². The molecule has 1 aromatic heterocycles. The lowest BCUT2D eigenvalue weighted by atomic mass is 9.99. The molecule has 0 aliphatic rings. The van der Waals surface area contributed by atoms with Crippen LogP contribution in [0.25, 0.3) is 11.0 Å². The van der Waals surface area contributed by atoms with E-state index in [1.54, 1.807) is 0 Å². The normalized spacial score (nSPS) is 15.9. The van der Waals surface area contributed by atoms with Crippen molar-refractivity contribution >= 4 is 16.9 Å². The molecule has 4 N–H and O–H groups in total. The van der Waals surface area contributed by atoms with Crippen molar-refractivity contribution in [1.29, 1.82) is 0 Å². The van der Waals surface area contributed by atoms with Crippen LogP contribution >= 0.6 is 0 Å². The van der Waals surface area contributed by atoms with Crippen LogP contribution in [0.3, 0.4) is 0 Å². The predicted octanol–water partition coefficient (Wildman–Crippen LogP) is 2.36. The fourth-order valence-corrected chi connectivity index (χ4v) is 2.19. The number of H-pyrrole nitrogens is 1. The van der Waals surface area contributed by atoms with Gasteiger partial charge >= 0.3 is 0 Å². The van der Waals surface area contributed by atoms with Crippen LogP contribution < -0.4 is 11.1 Å². The molecule has 0 aliphatic heterocycles. The second-order valence-corrected chi connectivity index (χ2v) is 6.02. The van der Waals surface area contributed by atoms with Crippen LogP contribution in [0.2, 0.25) is 0 Å². The van der Waals surface area contributed by atoms with Crippen LogP contribution in [0, 0.1) is 11.8 Å². The van der Waals surface area contributed by atoms with Gasteiger partial charge in [0.15, 0.2) is 0 Å². The Morgan fingerprint density at radius 2 is 1.90 bits per heavy atom. The van der Waals surface area contributed by atoms with Gasteiger partial charge in [0.05, 0.1) is 17.1 Å². The Hall–Kier alpha value is -1.88. The summed E-state index contributed by atoms with van der Waals surface area (Å²) >= 11 is 0. The Labute approximate surface area is 125 Å². The number of hydrogen-bond donors (Lipinski definition) is 3. The number of nitrogens with zero attached hydrogens (tertiary/aromatic N) is 1. The molecule has 114 valence electrons. The lowest BCUT2D eigenvalue weighted by Crippen LogP contribution is -2.41. The highest BCUT2D eigenvalue weighted by molar-refractivity contribution is 5.80. The minimum atomic E-state index is -0.226. The average Bonchev–Trinajstić information content (AvgIpc) is 2.86. The summed E-state index contributed by atoms with van der Waals surface area (Å²) in [5.41, 5.74) is 7.69. The van der Waals surface area contributed by atoms with Gasteiger partial charge in [-0.05, 0) is 25.0 Å². The van der Waals surface area contributed by atoms with E-state index >= 15 is 0 Å². The van der Waals surface area contributed by atoms with Gasteiger partial charge in [0.2, 0.25) is 5.91 Å². The van der Waals surface area contributed by atoms with Crippen molar-refractivity contribution in [2.24, 2.45) is 17.6 Å². The topological polar surface area (TPSA) is 83.8 Å². The van der Waals surface area contributed by atoms with Crippen molar-refractivity contribution in [3.05, 3.63) is 30.1 Å². The van der Waals surface area contributed by atoms with Crippen molar-refractivity contribution in [2.75, 3.05) is 0 Å². The van der Waals surface area contributed by atoms with Crippen molar-refractivity contribution in [3.8, 4) is 0 Å². The van der Waals surface area contributed by atoms with Gasteiger partial charge in [0.1, 0.15) is 5.82 Å². The Balaban J connectivity index is 2.24. The number of nitrogens with one attached hydrogen (secondary N) is 2. The number of benzene rings is 1. The molecule has 0 aliphatic carbocycles. The summed E-state index contributed by atoms with van der Waals surface area (Å²) in [6.45, 7) is 7.81. The molecule has 1 amide bonds. The Morgan fingerprint density at radius 1 is 1.24 bits per heavy atom. The molecule has 21 heavy (non-hydrogen) atoms. The number of nitrogens with two attached hydrogens (primary N) is 1. The van der Waals surface area contributed by atoms with Crippen LogP contribution in [0.4, 0.5) is 0 Å². The van der Waals surface area contributed by atoms with E-state index in [1.165, 1.54) is 0 Å². The third-order valence-electron chi connectivity index (χ3n) is 3.87. The van der Waals surface area contributed by atoms with Crippen LogP contribution in [0.1, 0.15) is 39.6 Å². The molecule has 3 unspecified atom stereocenters. The van der Waals surface area contributed by atoms with Gasteiger partial charge in [-0.15, -0.1) is 0 Å². The molecular weight excluding hydrogens is 264 g/mol. The summed E-state index contributed by atoms with van der Waals surface area (Å²) in [6, 6.07) is 7.54. The molecule has 3 atom stereocenters. The van der Waals surface area contributed by atoms with Gasteiger partial charge in [-0.2, -0.15) is 0 Å². The second kappa shape index (κ2) is 6.26. The fourth-order valence-electron chi connectivity index (χ4n) is 2.19. The zero-order valence-electron chi connectivity index (χ0n) is 13.1. The Kier molecular flexibility index (Phi) is 4.63. The first kappa shape index (κ1) is 15.5. The van der Waals surface area contributed by atoms with E-state index in [2.05, 4.69) is 29.1 Å². The van der Waals surface area contributed by atoms with Gasteiger partial charge in [-0.1, -0.05) is 32.9 Å². The summed E-state index contributed by atoms with van der Waals surface area (Å²) in [5, 5.41) is 3.06. The highest BCUT2D eigenvalue weighted by Gasteiger charge is 2.25. The van der Waals surface area contributed by atoms with E-state index in [0.29, 0.717) is 0 Å². The average molecular weight is 288 g/mol. The zero-order chi connectivity index (χ0) is 15.6. The zero-order valence-corrected chi connectivity index (χ0v) is 13.1. The third-order valence-corrected chi connectivity index (χ3v) is 3.87. The Bertz CT molecular complexity index is 585. The van der Waals surface area contributed by atoms with E-state index in [-0.39, 0.29) is 29.8 Å². The van der Waals surface area contributed by atoms with Gasteiger partial charge in [-0.25, -0.2) is 4.98 Å². The maximum Gasteiger partial charge on any atom is 0.224 e. The quantitative estimate of drug-likeness (QED) is 0.789. The molecule has 0 saturated heterocycles. The first-order valence-corrected chi connectivity index (χ1v) is 7.40. The van der Waals surface area contributed by atoms with E-state index in [9.17, 15) is 4.79 Å². The number of fused-ring (bicyclic) bond motifs is 1. The smallest absolute Gasteiger partial charge is 0.224 e. The largest absolute Gasteiger partial charge is 0.346 e. The first-order valence-electron chi connectivity index (χ1n) is 7.40. The maximum atomic E-state index is 12.3. The minimum absolute atomic E-state index is 0.0378. The molecule has 5 nitrogen and oxygen atoms in total. The van der Waals surface area contributed by atoms with E-state index in [1.807, 2.05) is 38.1 Å². The number of amides is 1. The predicted molar refractivity (Wildman–Crippen MR) is 84.6 cm³/mol. The molecule has 0 fully saturated rings. The van der Waals surface area contributed by atoms with Crippen LogP contribution in [-0.2, 0) is 4.79 Å². The maximum absolute atomic E-state index is 12.3. The summed E-state index contributed by atoms with van der Waals surface area (Å²) in [7, 11) is 0. The Morgan fingerprint density at radius 3 is 2.48 bits per heavy atom. The summed E-state index contributed by atoms with van der Waals surface area (Å²) < 4.78 is 0. The van der Waals surface area contributed by atoms with Crippen molar-refractivity contribution in [2.45, 2.75) is 39.8 Å². The minimum Gasteiger partial charge on any atom is -0.346 e. The lowest BCUT2D eigenvalue weighted by molar-refractivity contribution is -0.126. The van der Waals surface area contributed by atoms with E-state index in [0.717, 1.165) is 16.9 Å². The number of aromatic nitrogens is 2. The molecule has 0 bridgehead atoms. The lowest BCUT2D eigenvalue weighted by Gasteiger charge is -2.23. The molecule has 5 heteroatoms. The number of para-hydroxylation sites is 2. The summed E-state index contributed by atoms with van der Waals surface area (Å²) in [5.74, 6) is 0.756. The van der Waals surface area contributed by atoms with Gasteiger partial charge in [0, 0.05) is 12.0 Å². The van der Waals surface area contributed by atoms with E-state index < -0.39 is 0 Å². The summed E-state index contributed by atoms with van der Waals surface area (Å²) in [4.78, 5) is 20.1. The second-order valence-electron chi connectivity index (χ2n) is 6.02. The molecule has 0 radical (unpaired) electrons. The monoisotopic (exact) mass is 288 g/mol. The number of aromatic amines is 1. The highest BCUT2D eigenvalue weighted by Crippen LogP contribution is 2.22. The van der Waals surface area contributed by atoms with Gasteiger partial charge in [-0.3, -0.25) is 4.79 Å². The van der Waals surface area contributed by atoms with Gasteiger partial charge in [0.25, 0.3) is 0 Å². The summed E-state index contributed by atoms with van der Waals surface area (Å²) in [6.07, 6.45) is 0.